The summed E-state index contributed by atoms with van der Waals surface area (Å²) in [4.78, 5) is 55.9. The molecule has 0 aromatic heterocycles. The Morgan fingerprint density at radius 1 is 0.846 bits per heavy atom. The average molecular weight is 525 g/mol. The van der Waals surface area contributed by atoms with Crippen molar-refractivity contribution >= 4 is 23.9 Å². The van der Waals surface area contributed by atoms with Gasteiger partial charge in [0.2, 0.25) is 0 Å². The van der Waals surface area contributed by atoms with Gasteiger partial charge in [0.25, 0.3) is 11.8 Å². The van der Waals surface area contributed by atoms with Gasteiger partial charge in [-0.2, -0.15) is 0 Å². The molecule has 3 aromatic rings. The van der Waals surface area contributed by atoms with E-state index in [-0.39, 0.29) is 36.8 Å². The number of amides is 3. The molecule has 1 N–H and O–H groups in total. The van der Waals surface area contributed by atoms with Crippen LogP contribution in [0.1, 0.15) is 50.6 Å². The molecule has 0 spiro atoms. The predicted molar refractivity (Wildman–Crippen MR) is 136 cm³/mol. The summed E-state index contributed by atoms with van der Waals surface area (Å²) < 4.78 is 11.5. The molecule has 2 bridgehead atoms. The van der Waals surface area contributed by atoms with Crippen LogP contribution in [0.25, 0.3) is 11.1 Å². The molecule has 2 saturated heterocycles. The third-order valence-electron chi connectivity index (χ3n) is 8.24. The van der Waals surface area contributed by atoms with Crippen LogP contribution in [-0.4, -0.2) is 54.3 Å². The SMILES string of the molecule is O=C(NCC12CC(C(=O)ON3C(=O)c4ccccc4C3=O)(CO1)C2)OCC1c2ccccc2-c2ccccc21. The summed E-state index contributed by atoms with van der Waals surface area (Å²) in [6.07, 6.45) is 0.0602. The van der Waals surface area contributed by atoms with Crippen molar-refractivity contribution in [3.05, 3.63) is 95.1 Å². The van der Waals surface area contributed by atoms with Crippen molar-refractivity contribution in [1.82, 2.24) is 10.4 Å². The van der Waals surface area contributed by atoms with Gasteiger partial charge in [0.1, 0.15) is 6.61 Å². The van der Waals surface area contributed by atoms with Crippen molar-refractivity contribution in [3.63, 3.8) is 0 Å². The Hall–Kier alpha value is -4.50. The Kier molecular flexibility index (Phi) is 5.15. The lowest BCUT2D eigenvalue weighted by atomic mass is 9.62. The maximum atomic E-state index is 13.0. The zero-order valence-corrected chi connectivity index (χ0v) is 20.8. The fourth-order valence-electron chi connectivity index (χ4n) is 6.37. The Balaban J connectivity index is 0.936. The normalized spacial score (nSPS) is 24.1. The summed E-state index contributed by atoms with van der Waals surface area (Å²) in [6.45, 7) is 0.456. The number of fused-ring (bicyclic) bond motifs is 5. The number of carbonyl (C=O) groups excluding carboxylic acids is 4. The van der Waals surface area contributed by atoms with E-state index in [1.807, 2.05) is 24.3 Å². The smallest absolute Gasteiger partial charge is 0.407 e. The van der Waals surface area contributed by atoms with E-state index >= 15 is 0 Å². The molecule has 196 valence electrons. The number of hydrogen-bond donors (Lipinski definition) is 1. The second-order valence-electron chi connectivity index (χ2n) is 10.6. The molecule has 3 amide bonds. The summed E-state index contributed by atoms with van der Waals surface area (Å²) in [5.41, 5.74) is 3.29. The second kappa shape index (κ2) is 8.51. The average Bonchev–Trinajstić information content (AvgIpc) is 3.66. The topological polar surface area (TPSA) is 111 Å². The van der Waals surface area contributed by atoms with Crippen LogP contribution in [0.2, 0.25) is 0 Å². The summed E-state index contributed by atoms with van der Waals surface area (Å²) in [7, 11) is 0. The van der Waals surface area contributed by atoms with Crippen molar-refractivity contribution in [3.8, 4) is 11.1 Å². The molecule has 3 heterocycles. The number of carbonyl (C=O) groups is 4. The van der Waals surface area contributed by atoms with Crippen molar-refractivity contribution in [2.45, 2.75) is 24.4 Å². The van der Waals surface area contributed by atoms with E-state index in [0.29, 0.717) is 17.9 Å². The van der Waals surface area contributed by atoms with Crippen molar-refractivity contribution in [2.24, 2.45) is 5.41 Å². The Labute approximate surface area is 223 Å². The molecule has 0 radical (unpaired) electrons. The van der Waals surface area contributed by atoms with Crippen molar-refractivity contribution < 1.29 is 33.5 Å². The zero-order chi connectivity index (χ0) is 26.8. The van der Waals surface area contributed by atoms with Crippen LogP contribution in [0.5, 0.6) is 0 Å². The van der Waals surface area contributed by atoms with Crippen LogP contribution in [-0.2, 0) is 19.1 Å². The van der Waals surface area contributed by atoms with Gasteiger partial charge in [-0.3, -0.25) is 9.59 Å². The van der Waals surface area contributed by atoms with E-state index in [1.165, 1.54) is 12.1 Å². The van der Waals surface area contributed by atoms with Gasteiger partial charge in [0.15, 0.2) is 0 Å². The quantitative estimate of drug-likeness (QED) is 0.488. The van der Waals surface area contributed by atoms with Crippen LogP contribution in [0.15, 0.2) is 72.8 Å². The summed E-state index contributed by atoms with van der Waals surface area (Å²) in [5.74, 6) is -2.06. The summed E-state index contributed by atoms with van der Waals surface area (Å²) in [5, 5.41) is 3.30. The maximum Gasteiger partial charge on any atom is 0.407 e. The minimum Gasteiger partial charge on any atom is -0.449 e. The fraction of sp³-hybridized carbons (Fsp3) is 0.267. The van der Waals surface area contributed by atoms with Crippen LogP contribution < -0.4 is 5.32 Å². The molecule has 0 atom stereocenters. The highest BCUT2D eigenvalue weighted by Gasteiger charge is 2.68. The van der Waals surface area contributed by atoms with E-state index < -0.39 is 34.9 Å². The molecule has 5 aliphatic rings. The Bertz CT molecular complexity index is 1480. The number of benzene rings is 3. The van der Waals surface area contributed by atoms with Gasteiger partial charge < -0.3 is 19.6 Å². The number of nitrogens with one attached hydrogen (secondary N) is 1. The third-order valence-corrected chi connectivity index (χ3v) is 8.24. The number of ether oxygens (including phenoxy) is 2. The van der Waals surface area contributed by atoms with Gasteiger partial charge in [-0.1, -0.05) is 65.7 Å². The highest BCUT2D eigenvalue weighted by atomic mass is 16.7. The van der Waals surface area contributed by atoms with Crippen molar-refractivity contribution in [2.75, 3.05) is 19.8 Å². The number of rotatable bonds is 6. The van der Waals surface area contributed by atoms with Crippen LogP contribution >= 0.6 is 0 Å². The van der Waals surface area contributed by atoms with Crippen LogP contribution in [0.3, 0.4) is 0 Å². The van der Waals surface area contributed by atoms with Crippen LogP contribution in [0.4, 0.5) is 4.79 Å². The first kappa shape index (κ1) is 23.6. The van der Waals surface area contributed by atoms with Crippen molar-refractivity contribution in [1.29, 1.82) is 0 Å². The minimum atomic E-state index is -0.960. The molecule has 0 unspecified atom stereocenters. The number of nitrogens with zero attached hydrogens (tertiary/aromatic N) is 1. The Morgan fingerprint density at radius 3 is 1.97 bits per heavy atom. The molecule has 8 rings (SSSR count). The highest BCUT2D eigenvalue weighted by Crippen LogP contribution is 2.58. The van der Waals surface area contributed by atoms with Gasteiger partial charge in [0, 0.05) is 12.5 Å². The zero-order valence-electron chi connectivity index (χ0n) is 20.8. The fourth-order valence-corrected chi connectivity index (χ4v) is 6.37. The van der Waals surface area contributed by atoms with Crippen LogP contribution in [0, 0.1) is 5.41 Å². The summed E-state index contributed by atoms with van der Waals surface area (Å²) >= 11 is 0. The molecule has 1 saturated carbocycles. The molecular formula is C30H24N2O7. The number of hydroxylamine groups is 2. The molecule has 3 fully saturated rings. The maximum absolute atomic E-state index is 13.0. The molecule has 39 heavy (non-hydrogen) atoms. The van der Waals surface area contributed by atoms with E-state index in [4.69, 9.17) is 14.3 Å². The number of alkyl carbamates (subject to hydrolysis) is 1. The second-order valence-corrected chi connectivity index (χ2v) is 10.6. The van der Waals surface area contributed by atoms with E-state index in [9.17, 15) is 19.2 Å². The van der Waals surface area contributed by atoms with E-state index in [1.54, 1.807) is 12.1 Å². The van der Waals surface area contributed by atoms with Gasteiger partial charge in [0.05, 0.1) is 28.7 Å². The lowest BCUT2D eigenvalue weighted by Gasteiger charge is -2.42. The molecule has 2 aliphatic carbocycles. The molecule has 3 aliphatic heterocycles. The first-order valence-corrected chi connectivity index (χ1v) is 12.8. The standard InChI is InChI=1S/C30H24N2O7/c33-25-22-11-5-6-12-23(22)26(34)32(25)39-27(35)29-14-30(15-29,38-17-29)16-31-28(36)37-13-24-20-9-3-1-7-18(20)19-8-2-4-10-21(19)24/h1-12,24H,13-17H2,(H,31,36). The Morgan fingerprint density at radius 2 is 1.38 bits per heavy atom. The van der Waals surface area contributed by atoms with E-state index in [2.05, 4.69) is 29.6 Å². The first-order valence-electron chi connectivity index (χ1n) is 12.8. The number of hydrogen-bond acceptors (Lipinski definition) is 7. The van der Waals surface area contributed by atoms with Gasteiger partial charge in [-0.15, -0.1) is 0 Å². The molecule has 9 nitrogen and oxygen atoms in total. The van der Waals surface area contributed by atoms with E-state index in [0.717, 1.165) is 22.3 Å². The minimum absolute atomic E-state index is 0.0442. The van der Waals surface area contributed by atoms with Gasteiger partial charge in [-0.25, -0.2) is 9.59 Å². The van der Waals surface area contributed by atoms with Gasteiger partial charge >= 0.3 is 12.1 Å². The lowest BCUT2D eigenvalue weighted by molar-refractivity contribution is -0.185. The third kappa shape index (κ3) is 3.57. The predicted octanol–water partition coefficient (Wildman–Crippen LogP) is 3.83. The number of imide groups is 1. The monoisotopic (exact) mass is 524 g/mol. The molecular weight excluding hydrogens is 500 g/mol. The van der Waals surface area contributed by atoms with Gasteiger partial charge in [-0.05, 0) is 47.2 Å². The molecule has 9 heteroatoms. The lowest BCUT2D eigenvalue weighted by Crippen LogP contribution is -2.55. The first-order chi connectivity index (χ1) is 18.9. The molecule has 3 aromatic carbocycles. The summed E-state index contributed by atoms with van der Waals surface area (Å²) in [6, 6.07) is 22.6. The largest absolute Gasteiger partial charge is 0.449 e. The highest BCUT2D eigenvalue weighted by molar-refractivity contribution is 6.21.